The van der Waals surface area contributed by atoms with E-state index in [1.807, 2.05) is 0 Å². The molecule has 0 aliphatic heterocycles. The van der Waals surface area contributed by atoms with Crippen LogP contribution < -0.4 is 67.8 Å². The van der Waals surface area contributed by atoms with Crippen LogP contribution in [0.1, 0.15) is 0 Å². The third-order valence-electron chi connectivity index (χ3n) is 4.33. The summed E-state index contributed by atoms with van der Waals surface area (Å²) in [6.45, 7) is 4.19. The van der Waals surface area contributed by atoms with E-state index >= 15 is 0 Å². The molecule has 2 heteroatoms. The fraction of sp³-hybridized carbons (Fsp3) is 0. The van der Waals surface area contributed by atoms with Gasteiger partial charge in [0, 0.05) is 0 Å². The Kier molecular flexibility index (Phi) is 6.42. The van der Waals surface area contributed by atoms with Crippen LogP contribution in [0, 0.1) is 0 Å². The minimum atomic E-state index is -1.13. The molecule has 102 valence electrons. The molecule has 0 heterocycles. The van der Waals surface area contributed by atoms with Gasteiger partial charge in [-0.15, -0.1) is 6.58 Å². The Morgan fingerprint density at radius 3 is 1.05 bits per heavy atom. The molecule has 0 nitrogen and oxygen atoms in total. The first-order valence-electron chi connectivity index (χ1n) is 7.34. The predicted molar refractivity (Wildman–Crippen MR) is 94.2 cm³/mol. The predicted octanol–water partition coefficient (Wildman–Crippen LogP) is -0.114. The van der Waals surface area contributed by atoms with E-state index < -0.39 is 6.15 Å². The Morgan fingerprint density at radius 1 is 0.545 bits per heavy atom. The van der Waals surface area contributed by atoms with Crippen molar-refractivity contribution in [1.29, 1.82) is 0 Å². The molecule has 3 rings (SSSR count). The average molecular weight is 308 g/mol. The first-order chi connectivity index (χ1) is 10.4. The molecule has 0 saturated carbocycles. The summed E-state index contributed by atoms with van der Waals surface area (Å²) in [5.74, 6) is 2.11. The van der Waals surface area contributed by atoms with E-state index in [-0.39, 0.29) is 51.4 Å². The zero-order valence-electron chi connectivity index (χ0n) is 13.0. The van der Waals surface area contributed by atoms with Gasteiger partial charge in [0.15, 0.2) is 0 Å². The van der Waals surface area contributed by atoms with E-state index in [0.717, 1.165) is 0 Å². The van der Waals surface area contributed by atoms with Crippen LogP contribution in [0.4, 0.5) is 0 Å². The van der Waals surface area contributed by atoms with Crippen LogP contribution in [0.15, 0.2) is 104 Å². The molecule has 0 N–H and O–H groups in total. The topological polar surface area (TPSA) is 0 Å². The Morgan fingerprint density at radius 2 is 0.818 bits per heavy atom. The summed E-state index contributed by atoms with van der Waals surface area (Å²) in [6.07, 6.45) is -1.13. The summed E-state index contributed by atoms with van der Waals surface area (Å²) >= 11 is 0. The van der Waals surface area contributed by atoms with Gasteiger partial charge in [-0.3, -0.25) is 0 Å². The maximum absolute atomic E-state index is 4.19. The molecule has 3 aromatic rings. The number of hydrogen-bond donors (Lipinski definition) is 0. The summed E-state index contributed by atoms with van der Waals surface area (Å²) in [6, 6.07) is 31.9. The maximum Gasteiger partial charge on any atom is 1.00 e. The second kappa shape index (κ2) is 8.09. The normalized spacial score (nSPS) is 10.5. The quantitative estimate of drug-likeness (QED) is 0.590. The molecule has 0 amide bonds. The van der Waals surface area contributed by atoms with Crippen LogP contribution in [0.5, 0.6) is 0 Å². The molecule has 0 bridgehead atoms. The molecular formula is C20H18BK. The number of benzene rings is 3. The molecule has 0 radical (unpaired) electrons. The van der Waals surface area contributed by atoms with Gasteiger partial charge < -0.3 is 0 Å². The Hall–Kier alpha value is -0.899. The zero-order valence-corrected chi connectivity index (χ0v) is 16.1. The van der Waals surface area contributed by atoms with Gasteiger partial charge >= 0.3 is 51.4 Å². The van der Waals surface area contributed by atoms with Gasteiger partial charge in [-0.05, 0) is 0 Å². The van der Waals surface area contributed by atoms with Gasteiger partial charge in [0.1, 0.15) is 0 Å². The van der Waals surface area contributed by atoms with Crippen LogP contribution in [0.3, 0.4) is 0 Å². The van der Waals surface area contributed by atoms with Gasteiger partial charge in [-0.25, -0.2) is 5.98 Å². The van der Waals surface area contributed by atoms with Crippen LogP contribution in [0.2, 0.25) is 0 Å². The van der Waals surface area contributed by atoms with Crippen molar-refractivity contribution in [3.05, 3.63) is 104 Å². The van der Waals surface area contributed by atoms with Gasteiger partial charge in [0.2, 0.25) is 0 Å². The summed E-state index contributed by atoms with van der Waals surface area (Å²) < 4.78 is 0. The second-order valence-electron chi connectivity index (χ2n) is 5.40. The minimum absolute atomic E-state index is 0. The molecule has 3 aromatic carbocycles. The molecule has 0 aliphatic rings. The smallest absolute Gasteiger partial charge is 0.239 e. The maximum atomic E-state index is 4.19. The van der Waals surface area contributed by atoms with Crippen molar-refractivity contribution >= 4 is 22.5 Å². The zero-order chi connectivity index (χ0) is 14.5. The molecule has 0 saturated heterocycles. The summed E-state index contributed by atoms with van der Waals surface area (Å²) in [5.41, 5.74) is 3.89. The Bertz CT molecular complexity index is 612. The fourth-order valence-corrected chi connectivity index (χ4v) is 3.26. The van der Waals surface area contributed by atoms with Crippen LogP contribution in [-0.4, -0.2) is 6.15 Å². The van der Waals surface area contributed by atoms with Crippen molar-refractivity contribution < 1.29 is 51.4 Å². The molecular weight excluding hydrogens is 290 g/mol. The van der Waals surface area contributed by atoms with Crippen LogP contribution in [-0.2, 0) is 0 Å². The first kappa shape index (κ1) is 17.5. The standard InChI is InChI=1S/C20H18B.K/c1-2-21(18-12-6-3-7-13-18,19-14-8-4-9-15-19)20-16-10-5-11-17-20;/h2-17H,1H2;/q-1;+1. The molecule has 0 unspecified atom stereocenters. The van der Waals surface area contributed by atoms with Crippen molar-refractivity contribution in [2.24, 2.45) is 0 Å². The molecule has 22 heavy (non-hydrogen) atoms. The van der Waals surface area contributed by atoms with E-state index in [1.165, 1.54) is 16.4 Å². The van der Waals surface area contributed by atoms with E-state index in [1.54, 1.807) is 0 Å². The van der Waals surface area contributed by atoms with Gasteiger partial charge in [0.25, 0.3) is 0 Å². The Labute approximate surface area is 175 Å². The van der Waals surface area contributed by atoms with Crippen LogP contribution in [0.25, 0.3) is 0 Å². The van der Waals surface area contributed by atoms with Crippen molar-refractivity contribution in [3.8, 4) is 0 Å². The van der Waals surface area contributed by atoms with Crippen molar-refractivity contribution in [2.75, 3.05) is 0 Å². The Balaban J connectivity index is 0.00000176. The monoisotopic (exact) mass is 308 g/mol. The van der Waals surface area contributed by atoms with E-state index in [0.29, 0.717) is 0 Å². The van der Waals surface area contributed by atoms with Crippen molar-refractivity contribution in [3.63, 3.8) is 0 Å². The SMILES string of the molecule is C=C[B-](c1ccccc1)(c1ccccc1)c1ccccc1.[K+]. The van der Waals surface area contributed by atoms with Crippen molar-refractivity contribution in [1.82, 2.24) is 0 Å². The van der Waals surface area contributed by atoms with Crippen LogP contribution >= 0.6 is 0 Å². The second-order valence-corrected chi connectivity index (χ2v) is 5.40. The molecule has 0 aliphatic carbocycles. The third-order valence-corrected chi connectivity index (χ3v) is 4.33. The largest absolute Gasteiger partial charge is 1.00 e. The summed E-state index contributed by atoms with van der Waals surface area (Å²) in [5, 5.41) is 0. The summed E-state index contributed by atoms with van der Waals surface area (Å²) in [7, 11) is 0. The molecule has 0 spiro atoms. The van der Waals surface area contributed by atoms with E-state index in [4.69, 9.17) is 0 Å². The molecule has 0 atom stereocenters. The summed E-state index contributed by atoms with van der Waals surface area (Å²) in [4.78, 5) is 0. The molecule has 0 fully saturated rings. The number of rotatable bonds is 4. The number of hydrogen-bond acceptors (Lipinski definition) is 0. The minimum Gasteiger partial charge on any atom is -0.239 e. The van der Waals surface area contributed by atoms with Gasteiger partial charge in [0.05, 0.1) is 6.15 Å². The molecule has 0 aromatic heterocycles. The van der Waals surface area contributed by atoms with E-state index in [9.17, 15) is 0 Å². The van der Waals surface area contributed by atoms with E-state index in [2.05, 4.69) is 104 Å². The van der Waals surface area contributed by atoms with Gasteiger partial charge in [-0.2, -0.15) is 16.4 Å². The van der Waals surface area contributed by atoms with Gasteiger partial charge in [-0.1, -0.05) is 91.0 Å². The van der Waals surface area contributed by atoms with Crippen molar-refractivity contribution in [2.45, 2.75) is 0 Å². The third kappa shape index (κ3) is 3.22. The first-order valence-corrected chi connectivity index (χ1v) is 7.34. The fourth-order valence-electron chi connectivity index (χ4n) is 3.26. The average Bonchev–Trinajstić information content (AvgIpc) is 2.59.